The Hall–Kier alpha value is -1.66. The predicted octanol–water partition coefficient (Wildman–Crippen LogP) is 2.51. The Morgan fingerprint density at radius 3 is 2.95 bits per heavy atom. The molecule has 0 unspecified atom stereocenters. The minimum absolute atomic E-state index is 0.117. The number of carbonyl (C=O) groups is 1. The third-order valence-corrected chi connectivity index (χ3v) is 3.36. The highest BCUT2D eigenvalue weighted by atomic mass is 35.5. The molecule has 2 aromatic rings. The summed E-state index contributed by atoms with van der Waals surface area (Å²) in [7, 11) is 3.46. The van der Waals surface area contributed by atoms with E-state index in [9.17, 15) is 4.79 Å². The summed E-state index contributed by atoms with van der Waals surface area (Å²) in [6.45, 7) is 0.469. The maximum absolute atomic E-state index is 12.3. The molecule has 0 aliphatic heterocycles. The van der Waals surface area contributed by atoms with Crippen LogP contribution >= 0.6 is 22.9 Å². The quantitative estimate of drug-likeness (QED) is 0.881. The second kappa shape index (κ2) is 5.99. The van der Waals surface area contributed by atoms with Gasteiger partial charge in [-0.3, -0.25) is 4.79 Å². The number of nitrogens with zero attached hydrogens (tertiary/aromatic N) is 3. The van der Waals surface area contributed by atoms with Gasteiger partial charge in [-0.05, 0) is 12.1 Å². The fourth-order valence-electron chi connectivity index (χ4n) is 1.60. The van der Waals surface area contributed by atoms with E-state index in [1.165, 1.54) is 11.3 Å². The molecule has 0 aliphatic carbocycles. The van der Waals surface area contributed by atoms with Crippen LogP contribution in [0.4, 0.5) is 5.82 Å². The monoisotopic (exact) mass is 296 g/mol. The van der Waals surface area contributed by atoms with E-state index in [1.807, 2.05) is 5.38 Å². The first-order valence-corrected chi connectivity index (χ1v) is 6.90. The minimum Gasteiger partial charge on any atom is -0.373 e. The average molecular weight is 297 g/mol. The molecule has 2 aromatic heterocycles. The summed E-state index contributed by atoms with van der Waals surface area (Å²) in [6, 6.07) is 3.23. The molecule has 0 fully saturated rings. The minimum atomic E-state index is -0.117. The number of carbonyl (C=O) groups excluding carboxylic acids is 1. The number of halogens is 1. The lowest BCUT2D eigenvalue weighted by Crippen LogP contribution is -2.26. The summed E-state index contributed by atoms with van der Waals surface area (Å²) in [5, 5.41) is 5.08. The first-order valence-electron chi connectivity index (χ1n) is 5.58. The van der Waals surface area contributed by atoms with Crippen molar-refractivity contribution in [3.63, 3.8) is 0 Å². The number of aromatic nitrogens is 2. The number of rotatable bonds is 4. The Balaban J connectivity index is 2.16. The zero-order valence-electron chi connectivity index (χ0n) is 10.6. The van der Waals surface area contributed by atoms with Gasteiger partial charge in [-0.25, -0.2) is 9.97 Å². The van der Waals surface area contributed by atoms with Crippen LogP contribution in [0.3, 0.4) is 0 Å². The van der Waals surface area contributed by atoms with Gasteiger partial charge in [0.2, 0.25) is 0 Å². The third-order valence-electron chi connectivity index (χ3n) is 2.53. The first-order chi connectivity index (χ1) is 9.10. The number of hydrogen-bond acceptors (Lipinski definition) is 5. The molecule has 0 atom stereocenters. The van der Waals surface area contributed by atoms with Gasteiger partial charge in [0.25, 0.3) is 5.91 Å². The lowest BCUT2D eigenvalue weighted by Gasteiger charge is -2.16. The van der Waals surface area contributed by atoms with E-state index >= 15 is 0 Å². The molecule has 7 heteroatoms. The molecule has 0 spiro atoms. The molecule has 0 bridgehead atoms. The van der Waals surface area contributed by atoms with E-state index in [1.54, 1.807) is 36.6 Å². The zero-order chi connectivity index (χ0) is 13.8. The van der Waals surface area contributed by atoms with Crippen molar-refractivity contribution >= 4 is 34.7 Å². The fraction of sp³-hybridized carbons (Fsp3) is 0.250. The molecule has 19 heavy (non-hydrogen) atoms. The molecular weight excluding hydrogens is 284 g/mol. The maximum Gasteiger partial charge on any atom is 0.254 e. The number of pyridine rings is 1. The van der Waals surface area contributed by atoms with Crippen molar-refractivity contribution in [2.75, 3.05) is 19.4 Å². The Kier molecular flexibility index (Phi) is 4.34. The van der Waals surface area contributed by atoms with Crippen LogP contribution in [0, 0.1) is 0 Å². The molecule has 0 aliphatic rings. The van der Waals surface area contributed by atoms with Gasteiger partial charge < -0.3 is 10.2 Å². The van der Waals surface area contributed by atoms with Gasteiger partial charge in [0, 0.05) is 25.0 Å². The van der Waals surface area contributed by atoms with Crippen molar-refractivity contribution in [2.45, 2.75) is 6.54 Å². The summed E-state index contributed by atoms with van der Waals surface area (Å²) >= 11 is 7.40. The molecule has 0 aromatic carbocycles. The van der Waals surface area contributed by atoms with Gasteiger partial charge >= 0.3 is 0 Å². The normalized spacial score (nSPS) is 10.3. The maximum atomic E-state index is 12.3. The van der Waals surface area contributed by atoms with Crippen molar-refractivity contribution in [3.05, 3.63) is 39.4 Å². The number of hydrogen-bond donors (Lipinski definition) is 1. The van der Waals surface area contributed by atoms with E-state index in [0.717, 1.165) is 5.69 Å². The molecule has 100 valence electrons. The zero-order valence-corrected chi connectivity index (χ0v) is 12.1. The molecule has 0 saturated carbocycles. The van der Waals surface area contributed by atoms with Crippen LogP contribution in [-0.2, 0) is 6.54 Å². The van der Waals surface area contributed by atoms with Crippen molar-refractivity contribution < 1.29 is 4.79 Å². The smallest absolute Gasteiger partial charge is 0.254 e. The van der Waals surface area contributed by atoms with E-state index in [0.29, 0.717) is 17.9 Å². The average Bonchev–Trinajstić information content (AvgIpc) is 2.89. The summed E-state index contributed by atoms with van der Waals surface area (Å²) in [6.07, 6.45) is 0. The van der Waals surface area contributed by atoms with Gasteiger partial charge in [0.15, 0.2) is 0 Å². The van der Waals surface area contributed by atoms with Gasteiger partial charge in [0.05, 0.1) is 17.7 Å². The van der Waals surface area contributed by atoms with Gasteiger partial charge in [-0.2, -0.15) is 0 Å². The molecule has 1 amide bonds. The summed E-state index contributed by atoms with van der Waals surface area (Å²) in [4.78, 5) is 22.1. The third kappa shape index (κ3) is 3.42. The van der Waals surface area contributed by atoms with Crippen LogP contribution in [0.2, 0.25) is 5.15 Å². The van der Waals surface area contributed by atoms with E-state index < -0.39 is 0 Å². The lowest BCUT2D eigenvalue weighted by molar-refractivity contribution is 0.0783. The lowest BCUT2D eigenvalue weighted by atomic mass is 10.2. The van der Waals surface area contributed by atoms with E-state index in [4.69, 9.17) is 11.6 Å². The van der Waals surface area contributed by atoms with Crippen LogP contribution in [0.5, 0.6) is 0 Å². The Morgan fingerprint density at radius 2 is 2.32 bits per heavy atom. The van der Waals surface area contributed by atoms with Crippen LogP contribution in [0.15, 0.2) is 23.0 Å². The van der Waals surface area contributed by atoms with Crippen molar-refractivity contribution in [3.8, 4) is 0 Å². The molecule has 2 rings (SSSR count). The molecule has 0 saturated heterocycles. The predicted molar refractivity (Wildman–Crippen MR) is 76.7 cm³/mol. The van der Waals surface area contributed by atoms with Gasteiger partial charge in [-0.15, -0.1) is 11.3 Å². The highest BCUT2D eigenvalue weighted by Gasteiger charge is 2.14. The van der Waals surface area contributed by atoms with Crippen LogP contribution in [0.1, 0.15) is 16.1 Å². The van der Waals surface area contributed by atoms with Crippen molar-refractivity contribution in [1.82, 2.24) is 14.9 Å². The molecule has 1 N–H and O–H groups in total. The molecule has 5 nitrogen and oxygen atoms in total. The summed E-state index contributed by atoms with van der Waals surface area (Å²) < 4.78 is 0. The highest BCUT2D eigenvalue weighted by Crippen LogP contribution is 2.16. The number of amides is 1. The second-order valence-electron chi connectivity index (χ2n) is 3.95. The van der Waals surface area contributed by atoms with Crippen molar-refractivity contribution in [2.24, 2.45) is 0 Å². The van der Waals surface area contributed by atoms with Crippen molar-refractivity contribution in [1.29, 1.82) is 0 Å². The summed E-state index contributed by atoms with van der Waals surface area (Å²) in [5.41, 5.74) is 3.12. The fourth-order valence-corrected chi connectivity index (χ4v) is 2.36. The number of nitrogens with one attached hydrogen (secondary N) is 1. The van der Waals surface area contributed by atoms with E-state index in [2.05, 4.69) is 15.3 Å². The summed E-state index contributed by atoms with van der Waals surface area (Å²) in [5.74, 6) is 0.451. The van der Waals surface area contributed by atoms with Gasteiger partial charge in [-0.1, -0.05) is 11.6 Å². The largest absolute Gasteiger partial charge is 0.373 e. The van der Waals surface area contributed by atoms with Crippen LogP contribution < -0.4 is 5.32 Å². The van der Waals surface area contributed by atoms with Crippen LogP contribution in [-0.4, -0.2) is 34.9 Å². The Labute approximate surface area is 120 Å². The molecule has 0 radical (unpaired) electrons. The molecular formula is C12H13ClN4OS. The number of anilines is 1. The number of thiazole rings is 1. The SMILES string of the molecule is CNc1cc(C(=O)N(C)Cc2cscn2)cc(Cl)n1. The van der Waals surface area contributed by atoms with Crippen LogP contribution in [0.25, 0.3) is 0 Å². The van der Waals surface area contributed by atoms with E-state index in [-0.39, 0.29) is 11.1 Å². The molecule has 2 heterocycles. The first kappa shape index (κ1) is 13.8. The highest BCUT2D eigenvalue weighted by molar-refractivity contribution is 7.07. The van der Waals surface area contributed by atoms with Gasteiger partial charge in [0.1, 0.15) is 11.0 Å². The standard InChI is InChI=1S/C12H13ClN4OS/c1-14-11-4-8(3-10(13)16-11)12(18)17(2)5-9-6-19-7-15-9/h3-4,6-7H,5H2,1-2H3,(H,14,16). The topological polar surface area (TPSA) is 58.1 Å². The second-order valence-corrected chi connectivity index (χ2v) is 5.06. The Morgan fingerprint density at radius 1 is 1.53 bits per heavy atom. The Bertz CT molecular complexity index is 573.